The molecule has 0 unspecified atom stereocenters. The van der Waals surface area contributed by atoms with Gasteiger partial charge in [-0.2, -0.15) is 0 Å². The number of halogens is 2. The molecule has 0 aliphatic carbocycles. The molecule has 0 saturated carbocycles. The Morgan fingerprint density at radius 1 is 1.12 bits per heavy atom. The summed E-state index contributed by atoms with van der Waals surface area (Å²) in [5.74, 6) is -0.997. The summed E-state index contributed by atoms with van der Waals surface area (Å²) in [6.07, 6.45) is 0.273. The van der Waals surface area contributed by atoms with Crippen LogP contribution in [0.15, 0.2) is 53.4 Å². The maximum atomic E-state index is 13.6. The third-order valence-electron chi connectivity index (χ3n) is 3.98. The number of sulfone groups is 1. The molecule has 0 spiro atoms. The third kappa shape index (κ3) is 4.19. The van der Waals surface area contributed by atoms with Crippen molar-refractivity contribution < 1.29 is 17.6 Å². The standard InChI is InChI=1S/C18H19ClFNO3S/c1-18(2,25(23,24)15-9-7-14(19)8-10-15)17(22)21-12-11-13-5-3-4-6-16(13)20/h3-10H,11-12H2,1-2H3,(H,21,22). The lowest BCUT2D eigenvalue weighted by Gasteiger charge is -2.24. The van der Waals surface area contributed by atoms with Gasteiger partial charge in [0.05, 0.1) is 4.90 Å². The molecule has 0 aromatic heterocycles. The van der Waals surface area contributed by atoms with Crippen molar-refractivity contribution in [2.24, 2.45) is 0 Å². The lowest BCUT2D eigenvalue weighted by atomic mass is 10.1. The molecule has 2 aromatic carbocycles. The lowest BCUT2D eigenvalue weighted by molar-refractivity contribution is -0.122. The van der Waals surface area contributed by atoms with Gasteiger partial charge in [-0.05, 0) is 56.2 Å². The van der Waals surface area contributed by atoms with Gasteiger partial charge in [0.1, 0.15) is 10.6 Å². The molecule has 1 amide bonds. The molecule has 2 aromatic rings. The highest BCUT2D eigenvalue weighted by molar-refractivity contribution is 7.93. The minimum absolute atomic E-state index is 0.0196. The van der Waals surface area contributed by atoms with Crippen LogP contribution in [-0.4, -0.2) is 25.6 Å². The Morgan fingerprint density at radius 2 is 1.72 bits per heavy atom. The second-order valence-electron chi connectivity index (χ2n) is 6.06. The summed E-state index contributed by atoms with van der Waals surface area (Å²) in [6, 6.07) is 11.9. The summed E-state index contributed by atoms with van der Waals surface area (Å²) in [5.41, 5.74) is 0.459. The Kier molecular flexibility index (Phi) is 5.85. The largest absolute Gasteiger partial charge is 0.354 e. The quantitative estimate of drug-likeness (QED) is 0.831. The molecule has 4 nitrogen and oxygen atoms in total. The van der Waals surface area contributed by atoms with Crippen molar-refractivity contribution in [3.8, 4) is 0 Å². The molecule has 7 heteroatoms. The summed E-state index contributed by atoms with van der Waals surface area (Å²) in [6.45, 7) is 2.82. The van der Waals surface area contributed by atoms with E-state index in [1.165, 1.54) is 44.2 Å². The average molecular weight is 384 g/mol. The van der Waals surface area contributed by atoms with Gasteiger partial charge in [-0.3, -0.25) is 4.79 Å². The molecule has 25 heavy (non-hydrogen) atoms. The van der Waals surface area contributed by atoms with Crippen LogP contribution in [0.25, 0.3) is 0 Å². The molecule has 0 atom stereocenters. The second kappa shape index (κ2) is 7.54. The minimum atomic E-state index is -3.90. The van der Waals surface area contributed by atoms with Crippen molar-refractivity contribution in [2.75, 3.05) is 6.54 Å². The molecular weight excluding hydrogens is 365 g/mol. The first-order valence-corrected chi connectivity index (χ1v) is 9.54. The predicted molar refractivity (Wildman–Crippen MR) is 95.8 cm³/mol. The van der Waals surface area contributed by atoms with Gasteiger partial charge in [0.15, 0.2) is 9.84 Å². The molecule has 2 rings (SSSR count). The third-order valence-corrected chi connectivity index (χ3v) is 6.65. The van der Waals surface area contributed by atoms with Gasteiger partial charge in [0, 0.05) is 11.6 Å². The van der Waals surface area contributed by atoms with E-state index in [1.807, 2.05) is 0 Å². The maximum absolute atomic E-state index is 13.6. The summed E-state index contributed by atoms with van der Waals surface area (Å²) in [5, 5.41) is 2.98. The zero-order valence-electron chi connectivity index (χ0n) is 13.9. The van der Waals surface area contributed by atoms with E-state index in [9.17, 15) is 17.6 Å². The van der Waals surface area contributed by atoms with E-state index >= 15 is 0 Å². The van der Waals surface area contributed by atoms with Crippen LogP contribution in [0.2, 0.25) is 5.02 Å². The zero-order valence-corrected chi connectivity index (χ0v) is 15.5. The van der Waals surface area contributed by atoms with Crippen molar-refractivity contribution in [3.05, 3.63) is 64.9 Å². The number of carbonyl (C=O) groups is 1. The van der Waals surface area contributed by atoms with Gasteiger partial charge in [0.2, 0.25) is 5.91 Å². The van der Waals surface area contributed by atoms with Gasteiger partial charge < -0.3 is 5.32 Å². The Morgan fingerprint density at radius 3 is 2.32 bits per heavy atom. The normalized spacial score (nSPS) is 12.0. The average Bonchev–Trinajstić information content (AvgIpc) is 2.56. The number of rotatable bonds is 6. The van der Waals surface area contributed by atoms with E-state index in [-0.39, 0.29) is 23.7 Å². The van der Waals surface area contributed by atoms with Crippen molar-refractivity contribution in [2.45, 2.75) is 29.9 Å². The van der Waals surface area contributed by atoms with Crippen LogP contribution in [0.1, 0.15) is 19.4 Å². The fraction of sp³-hybridized carbons (Fsp3) is 0.278. The Labute approximate surface area is 151 Å². The Balaban J connectivity index is 2.08. The topological polar surface area (TPSA) is 63.2 Å². The molecule has 0 aliphatic rings. The van der Waals surface area contributed by atoms with Gasteiger partial charge >= 0.3 is 0 Å². The van der Waals surface area contributed by atoms with Crippen LogP contribution in [0.4, 0.5) is 4.39 Å². The van der Waals surface area contributed by atoms with E-state index in [4.69, 9.17) is 11.6 Å². The maximum Gasteiger partial charge on any atom is 0.241 e. The summed E-state index contributed by atoms with van der Waals surface area (Å²) in [7, 11) is -3.90. The number of hydrogen-bond donors (Lipinski definition) is 1. The summed E-state index contributed by atoms with van der Waals surface area (Å²) in [4.78, 5) is 12.4. The number of benzene rings is 2. The highest BCUT2D eigenvalue weighted by Gasteiger charge is 2.42. The SMILES string of the molecule is CC(C)(C(=O)NCCc1ccccc1F)S(=O)(=O)c1ccc(Cl)cc1. The fourth-order valence-electron chi connectivity index (χ4n) is 2.26. The smallest absolute Gasteiger partial charge is 0.241 e. The van der Waals surface area contributed by atoms with Crippen molar-refractivity contribution in [3.63, 3.8) is 0 Å². The number of hydrogen-bond acceptors (Lipinski definition) is 3. The summed E-state index contributed by atoms with van der Waals surface area (Å²) < 4.78 is 37.4. The van der Waals surface area contributed by atoms with Crippen molar-refractivity contribution in [1.29, 1.82) is 0 Å². The van der Waals surface area contributed by atoms with E-state index in [0.717, 1.165) is 0 Å². The minimum Gasteiger partial charge on any atom is -0.354 e. The first-order valence-electron chi connectivity index (χ1n) is 7.68. The zero-order chi connectivity index (χ0) is 18.7. The highest BCUT2D eigenvalue weighted by atomic mass is 35.5. The number of carbonyl (C=O) groups excluding carboxylic acids is 1. The first kappa shape index (κ1) is 19.4. The van der Waals surface area contributed by atoms with Crippen LogP contribution in [0.3, 0.4) is 0 Å². The first-order chi connectivity index (χ1) is 11.7. The lowest BCUT2D eigenvalue weighted by Crippen LogP contribution is -2.48. The number of nitrogens with one attached hydrogen (secondary N) is 1. The van der Waals surface area contributed by atoms with Gasteiger partial charge in [-0.15, -0.1) is 0 Å². The molecule has 0 heterocycles. The van der Waals surface area contributed by atoms with E-state index in [2.05, 4.69) is 5.32 Å². The summed E-state index contributed by atoms with van der Waals surface area (Å²) >= 11 is 5.77. The van der Waals surface area contributed by atoms with Gasteiger partial charge in [-0.1, -0.05) is 29.8 Å². The van der Waals surface area contributed by atoms with Crippen LogP contribution < -0.4 is 5.32 Å². The molecule has 0 radical (unpaired) electrons. The predicted octanol–water partition coefficient (Wildman–Crippen LogP) is 3.39. The molecular formula is C18H19ClFNO3S. The van der Waals surface area contributed by atoms with Gasteiger partial charge in [-0.25, -0.2) is 12.8 Å². The van der Waals surface area contributed by atoms with Gasteiger partial charge in [0.25, 0.3) is 0 Å². The fourth-order valence-corrected chi connectivity index (χ4v) is 3.78. The Bertz CT molecular complexity index is 864. The highest BCUT2D eigenvalue weighted by Crippen LogP contribution is 2.26. The number of amides is 1. The van der Waals surface area contributed by atoms with Crippen molar-refractivity contribution >= 4 is 27.3 Å². The monoisotopic (exact) mass is 383 g/mol. The van der Waals surface area contributed by atoms with Crippen LogP contribution >= 0.6 is 11.6 Å². The second-order valence-corrected chi connectivity index (χ2v) is 9.00. The molecule has 0 bridgehead atoms. The van der Waals surface area contributed by atoms with Crippen LogP contribution in [0, 0.1) is 5.82 Å². The molecule has 0 fully saturated rings. The Hall–Kier alpha value is -1.92. The van der Waals surface area contributed by atoms with E-state index in [1.54, 1.807) is 18.2 Å². The molecule has 134 valence electrons. The van der Waals surface area contributed by atoms with Crippen molar-refractivity contribution in [1.82, 2.24) is 5.32 Å². The molecule has 1 N–H and O–H groups in total. The van der Waals surface area contributed by atoms with Crippen LogP contribution in [-0.2, 0) is 21.1 Å². The molecule has 0 saturated heterocycles. The van der Waals surface area contributed by atoms with E-state index in [0.29, 0.717) is 10.6 Å². The van der Waals surface area contributed by atoms with E-state index < -0.39 is 20.5 Å². The molecule has 0 aliphatic heterocycles. The van der Waals surface area contributed by atoms with Crippen LogP contribution in [0.5, 0.6) is 0 Å².